The Bertz CT molecular complexity index is 614. The number of carbonyl (C=O) groups excluding carboxylic acids is 1. The lowest BCUT2D eigenvalue weighted by Crippen LogP contribution is -2.15. The van der Waals surface area contributed by atoms with Crippen molar-refractivity contribution in [2.45, 2.75) is 19.8 Å². The highest BCUT2D eigenvalue weighted by Crippen LogP contribution is 2.34. The van der Waals surface area contributed by atoms with Crippen LogP contribution in [-0.2, 0) is 16.0 Å². The van der Waals surface area contributed by atoms with Gasteiger partial charge in [-0.05, 0) is 17.5 Å². The molecule has 0 radical (unpaired) electrons. The molecule has 112 valence electrons. The molecule has 21 heavy (non-hydrogen) atoms. The average molecular weight is 293 g/mol. The van der Waals surface area contributed by atoms with E-state index in [-0.39, 0.29) is 36.0 Å². The number of rotatable bonds is 6. The molecule has 0 aliphatic carbocycles. The summed E-state index contributed by atoms with van der Waals surface area (Å²) >= 11 is 0. The topological polar surface area (TPSA) is 122 Å². The summed E-state index contributed by atoms with van der Waals surface area (Å²) in [5.74, 6) is -1.29. The summed E-state index contributed by atoms with van der Waals surface area (Å²) in [6, 6.07) is 2.89. The minimum Gasteiger partial charge on any atom is -0.481 e. The highest BCUT2D eigenvalue weighted by molar-refractivity contribution is 6.00. The van der Waals surface area contributed by atoms with Gasteiger partial charge in [0.1, 0.15) is 5.69 Å². The SMILES string of the molecule is CC(CNc1cc2c(cc1[N+](=O)[O-])CC(=O)N2)CC(=O)O. The Labute approximate surface area is 120 Å². The van der Waals surface area contributed by atoms with E-state index in [4.69, 9.17) is 5.11 Å². The monoisotopic (exact) mass is 293 g/mol. The number of carboxylic acids is 1. The second-order valence-electron chi connectivity index (χ2n) is 5.09. The molecule has 1 aliphatic rings. The van der Waals surface area contributed by atoms with E-state index in [0.29, 0.717) is 17.8 Å². The molecule has 0 fully saturated rings. The third kappa shape index (κ3) is 3.47. The van der Waals surface area contributed by atoms with Crippen molar-refractivity contribution in [2.24, 2.45) is 5.92 Å². The van der Waals surface area contributed by atoms with Crippen LogP contribution in [0.1, 0.15) is 18.9 Å². The van der Waals surface area contributed by atoms with E-state index in [1.54, 1.807) is 6.92 Å². The molecule has 1 aliphatic heterocycles. The van der Waals surface area contributed by atoms with Crippen molar-refractivity contribution in [3.63, 3.8) is 0 Å². The highest BCUT2D eigenvalue weighted by Gasteiger charge is 2.24. The van der Waals surface area contributed by atoms with Gasteiger partial charge in [-0.3, -0.25) is 19.7 Å². The minimum atomic E-state index is -0.917. The van der Waals surface area contributed by atoms with Crippen LogP contribution < -0.4 is 10.6 Å². The zero-order valence-electron chi connectivity index (χ0n) is 11.4. The molecule has 1 unspecified atom stereocenters. The molecule has 0 aromatic heterocycles. The van der Waals surface area contributed by atoms with Crippen LogP contribution in [0.4, 0.5) is 17.1 Å². The predicted molar refractivity (Wildman–Crippen MR) is 75.3 cm³/mol. The van der Waals surface area contributed by atoms with Crippen LogP contribution in [0.3, 0.4) is 0 Å². The van der Waals surface area contributed by atoms with Crippen molar-refractivity contribution in [2.75, 3.05) is 17.2 Å². The van der Waals surface area contributed by atoms with Gasteiger partial charge in [0.25, 0.3) is 5.69 Å². The van der Waals surface area contributed by atoms with Crippen molar-refractivity contribution >= 4 is 28.9 Å². The first kappa shape index (κ1) is 14.8. The van der Waals surface area contributed by atoms with E-state index < -0.39 is 10.9 Å². The lowest BCUT2D eigenvalue weighted by Gasteiger charge is -2.12. The van der Waals surface area contributed by atoms with E-state index in [2.05, 4.69) is 10.6 Å². The molecule has 0 saturated heterocycles. The van der Waals surface area contributed by atoms with Gasteiger partial charge in [-0.2, -0.15) is 0 Å². The molecule has 1 heterocycles. The smallest absolute Gasteiger partial charge is 0.303 e. The first-order valence-corrected chi connectivity index (χ1v) is 6.43. The van der Waals surface area contributed by atoms with Gasteiger partial charge in [-0.15, -0.1) is 0 Å². The second-order valence-corrected chi connectivity index (χ2v) is 5.09. The van der Waals surface area contributed by atoms with Gasteiger partial charge < -0.3 is 15.7 Å². The molecule has 8 heteroatoms. The number of hydrogen-bond donors (Lipinski definition) is 3. The predicted octanol–water partition coefficient (Wildman–Crippen LogP) is 1.61. The fourth-order valence-electron chi connectivity index (χ4n) is 2.21. The number of nitro benzene ring substituents is 1. The summed E-state index contributed by atoms with van der Waals surface area (Å²) < 4.78 is 0. The Hall–Kier alpha value is -2.64. The summed E-state index contributed by atoms with van der Waals surface area (Å²) in [5, 5.41) is 25.3. The number of aliphatic carboxylic acids is 1. The third-order valence-corrected chi connectivity index (χ3v) is 3.21. The molecular weight excluding hydrogens is 278 g/mol. The number of nitro groups is 1. The first-order valence-electron chi connectivity index (χ1n) is 6.43. The number of carboxylic acid groups (broad SMARTS) is 1. The Morgan fingerprint density at radius 2 is 2.29 bits per heavy atom. The summed E-state index contributed by atoms with van der Waals surface area (Å²) in [4.78, 5) is 32.5. The number of carbonyl (C=O) groups is 2. The quantitative estimate of drug-likeness (QED) is 0.541. The standard InChI is InChI=1S/C13H15N3O5/c1-7(2-13(18)19)6-14-10-5-9-8(4-12(17)15-9)3-11(10)16(20)21/h3,5,7,14H,2,4,6H2,1H3,(H,15,17)(H,18,19). The van der Waals surface area contributed by atoms with Crippen LogP contribution >= 0.6 is 0 Å². The number of anilines is 2. The van der Waals surface area contributed by atoms with Crippen molar-refractivity contribution in [1.29, 1.82) is 0 Å². The van der Waals surface area contributed by atoms with Gasteiger partial charge in [0.2, 0.25) is 5.91 Å². The maximum absolute atomic E-state index is 11.3. The lowest BCUT2D eigenvalue weighted by molar-refractivity contribution is -0.384. The number of benzene rings is 1. The van der Waals surface area contributed by atoms with Gasteiger partial charge in [0, 0.05) is 24.7 Å². The normalized spacial score (nSPS) is 14.2. The zero-order chi connectivity index (χ0) is 15.6. The van der Waals surface area contributed by atoms with Crippen LogP contribution in [0, 0.1) is 16.0 Å². The molecule has 3 N–H and O–H groups in total. The van der Waals surface area contributed by atoms with E-state index >= 15 is 0 Å². The zero-order valence-corrected chi connectivity index (χ0v) is 11.4. The maximum atomic E-state index is 11.3. The maximum Gasteiger partial charge on any atom is 0.303 e. The fourth-order valence-corrected chi connectivity index (χ4v) is 2.21. The number of amides is 1. The van der Waals surface area contributed by atoms with Gasteiger partial charge in [0.05, 0.1) is 11.3 Å². The van der Waals surface area contributed by atoms with Crippen LogP contribution in [0.2, 0.25) is 0 Å². The van der Waals surface area contributed by atoms with E-state index in [0.717, 1.165) is 0 Å². The molecule has 0 spiro atoms. The van der Waals surface area contributed by atoms with Crippen molar-refractivity contribution in [1.82, 2.24) is 0 Å². The molecule has 1 aromatic carbocycles. The number of nitrogens with one attached hydrogen (secondary N) is 2. The van der Waals surface area contributed by atoms with Crippen LogP contribution in [-0.4, -0.2) is 28.5 Å². The van der Waals surface area contributed by atoms with E-state index in [9.17, 15) is 19.7 Å². The summed E-state index contributed by atoms with van der Waals surface area (Å²) in [6.45, 7) is 2.03. The molecule has 1 amide bonds. The first-order chi connectivity index (χ1) is 9.86. The van der Waals surface area contributed by atoms with Crippen LogP contribution in [0.5, 0.6) is 0 Å². The number of nitrogens with zero attached hydrogens (tertiary/aromatic N) is 1. The molecule has 8 nitrogen and oxygen atoms in total. The summed E-state index contributed by atoms with van der Waals surface area (Å²) in [6.07, 6.45) is 0.106. The molecule has 0 saturated carbocycles. The molecule has 0 bridgehead atoms. The number of fused-ring (bicyclic) bond motifs is 1. The van der Waals surface area contributed by atoms with Crippen LogP contribution in [0.25, 0.3) is 0 Å². The summed E-state index contributed by atoms with van der Waals surface area (Å²) in [7, 11) is 0. The Morgan fingerprint density at radius 1 is 1.57 bits per heavy atom. The molecule has 2 rings (SSSR count). The van der Waals surface area contributed by atoms with E-state index in [1.165, 1.54) is 12.1 Å². The molecule has 1 atom stereocenters. The van der Waals surface area contributed by atoms with Gasteiger partial charge in [0.15, 0.2) is 0 Å². The largest absolute Gasteiger partial charge is 0.481 e. The molecule has 1 aromatic rings. The third-order valence-electron chi connectivity index (χ3n) is 3.21. The van der Waals surface area contributed by atoms with Gasteiger partial charge in [-0.25, -0.2) is 0 Å². The van der Waals surface area contributed by atoms with Gasteiger partial charge >= 0.3 is 5.97 Å². The van der Waals surface area contributed by atoms with E-state index in [1.807, 2.05) is 0 Å². The van der Waals surface area contributed by atoms with Crippen molar-refractivity contribution in [3.8, 4) is 0 Å². The minimum absolute atomic E-state index is 0.0253. The second kappa shape index (κ2) is 5.78. The fraction of sp³-hybridized carbons (Fsp3) is 0.385. The van der Waals surface area contributed by atoms with Crippen LogP contribution in [0.15, 0.2) is 12.1 Å². The lowest BCUT2D eigenvalue weighted by atomic mass is 10.1. The Balaban J connectivity index is 2.18. The number of hydrogen-bond acceptors (Lipinski definition) is 5. The Morgan fingerprint density at radius 3 is 2.90 bits per heavy atom. The Kier molecular flexibility index (Phi) is 4.06. The molecular formula is C13H15N3O5. The summed E-state index contributed by atoms with van der Waals surface area (Å²) in [5.41, 5.74) is 1.31. The van der Waals surface area contributed by atoms with Gasteiger partial charge in [-0.1, -0.05) is 6.92 Å². The van der Waals surface area contributed by atoms with Crippen molar-refractivity contribution < 1.29 is 19.6 Å². The average Bonchev–Trinajstić information content (AvgIpc) is 2.73. The van der Waals surface area contributed by atoms with Crippen molar-refractivity contribution in [3.05, 3.63) is 27.8 Å². The highest BCUT2D eigenvalue weighted by atomic mass is 16.6.